The Bertz CT molecular complexity index is 542. The second-order valence-corrected chi connectivity index (χ2v) is 7.06. The molecule has 3 unspecified atom stereocenters. The summed E-state index contributed by atoms with van der Waals surface area (Å²) in [4.78, 5) is 14.0. The largest absolute Gasteiger partial charge is 0.481 e. The van der Waals surface area contributed by atoms with Gasteiger partial charge in [0.25, 0.3) is 0 Å². The minimum Gasteiger partial charge on any atom is -0.481 e. The first-order valence-corrected chi connectivity index (χ1v) is 8.07. The van der Waals surface area contributed by atoms with Crippen molar-refractivity contribution in [1.82, 2.24) is 4.90 Å². The molecular weight excluding hydrogens is 262 g/mol. The molecule has 1 aliphatic heterocycles. The SMILES string of the molecule is CC1CCC(N2CCCC(C)(C(=O)O)C2)c2ccccc21. The Morgan fingerprint density at radius 1 is 1.29 bits per heavy atom. The zero-order valence-electron chi connectivity index (χ0n) is 13.0. The van der Waals surface area contributed by atoms with E-state index < -0.39 is 11.4 Å². The molecule has 0 amide bonds. The minimum atomic E-state index is -0.648. The lowest BCUT2D eigenvalue weighted by Gasteiger charge is -2.44. The fraction of sp³-hybridized carbons (Fsp3) is 0.611. The van der Waals surface area contributed by atoms with Crippen LogP contribution in [0.2, 0.25) is 0 Å². The second-order valence-electron chi connectivity index (χ2n) is 7.06. The van der Waals surface area contributed by atoms with Gasteiger partial charge in [0.05, 0.1) is 5.41 Å². The van der Waals surface area contributed by atoms with Gasteiger partial charge in [-0.15, -0.1) is 0 Å². The Kier molecular flexibility index (Phi) is 3.78. The number of hydrogen-bond donors (Lipinski definition) is 1. The van der Waals surface area contributed by atoms with Crippen LogP contribution in [0.25, 0.3) is 0 Å². The van der Waals surface area contributed by atoms with E-state index in [1.54, 1.807) is 0 Å². The van der Waals surface area contributed by atoms with Crippen LogP contribution in [-0.4, -0.2) is 29.1 Å². The van der Waals surface area contributed by atoms with E-state index in [-0.39, 0.29) is 0 Å². The number of benzene rings is 1. The highest BCUT2D eigenvalue weighted by atomic mass is 16.4. The van der Waals surface area contributed by atoms with Gasteiger partial charge in [-0.3, -0.25) is 9.69 Å². The van der Waals surface area contributed by atoms with Gasteiger partial charge in [-0.05, 0) is 56.2 Å². The summed E-state index contributed by atoms with van der Waals surface area (Å²) in [5.74, 6) is -0.0299. The molecule has 1 N–H and O–H groups in total. The Balaban J connectivity index is 1.88. The van der Waals surface area contributed by atoms with Crippen molar-refractivity contribution >= 4 is 5.97 Å². The standard InChI is InChI=1S/C18H25NO2/c1-13-8-9-16(15-7-4-3-6-14(13)15)19-11-5-10-18(2,12-19)17(20)21/h3-4,6-7,13,16H,5,8-12H2,1-2H3,(H,20,21). The number of carboxylic acid groups (broad SMARTS) is 1. The van der Waals surface area contributed by atoms with Gasteiger partial charge >= 0.3 is 5.97 Å². The Labute approximate surface area is 127 Å². The first-order chi connectivity index (χ1) is 10.0. The van der Waals surface area contributed by atoms with E-state index in [1.165, 1.54) is 17.5 Å². The maximum atomic E-state index is 11.6. The van der Waals surface area contributed by atoms with Crippen molar-refractivity contribution in [3.05, 3.63) is 35.4 Å². The van der Waals surface area contributed by atoms with E-state index in [0.29, 0.717) is 18.5 Å². The summed E-state index contributed by atoms with van der Waals surface area (Å²) in [5, 5.41) is 9.52. The number of carbonyl (C=O) groups is 1. The molecule has 0 saturated carbocycles. The van der Waals surface area contributed by atoms with Crippen LogP contribution in [-0.2, 0) is 4.79 Å². The number of rotatable bonds is 2. The van der Waals surface area contributed by atoms with Crippen LogP contribution in [0.3, 0.4) is 0 Å². The van der Waals surface area contributed by atoms with Crippen LogP contribution in [0.15, 0.2) is 24.3 Å². The van der Waals surface area contributed by atoms with Crippen molar-refractivity contribution in [2.45, 2.75) is 51.5 Å². The molecule has 3 heteroatoms. The molecule has 2 aliphatic rings. The van der Waals surface area contributed by atoms with Crippen LogP contribution < -0.4 is 0 Å². The number of aliphatic carboxylic acids is 1. The van der Waals surface area contributed by atoms with Crippen LogP contribution in [0.4, 0.5) is 0 Å². The van der Waals surface area contributed by atoms with E-state index >= 15 is 0 Å². The van der Waals surface area contributed by atoms with E-state index in [4.69, 9.17) is 0 Å². The van der Waals surface area contributed by atoms with Crippen LogP contribution in [0, 0.1) is 5.41 Å². The van der Waals surface area contributed by atoms with Crippen molar-refractivity contribution in [3.8, 4) is 0 Å². The average molecular weight is 287 g/mol. The summed E-state index contributed by atoms with van der Waals surface area (Å²) in [6.45, 7) is 5.90. The number of nitrogens with zero attached hydrogens (tertiary/aromatic N) is 1. The first-order valence-electron chi connectivity index (χ1n) is 8.07. The molecule has 0 radical (unpaired) electrons. The third-order valence-electron chi connectivity index (χ3n) is 5.44. The van der Waals surface area contributed by atoms with Gasteiger partial charge in [-0.2, -0.15) is 0 Å². The Morgan fingerprint density at radius 3 is 2.71 bits per heavy atom. The summed E-state index contributed by atoms with van der Waals surface area (Å²) in [6, 6.07) is 9.12. The highest BCUT2D eigenvalue weighted by Crippen LogP contribution is 2.43. The number of hydrogen-bond acceptors (Lipinski definition) is 2. The highest BCUT2D eigenvalue weighted by Gasteiger charge is 2.41. The molecule has 1 aromatic carbocycles. The quantitative estimate of drug-likeness (QED) is 0.899. The topological polar surface area (TPSA) is 40.5 Å². The molecule has 3 rings (SSSR count). The van der Waals surface area contributed by atoms with Gasteiger partial charge in [-0.1, -0.05) is 31.2 Å². The summed E-state index contributed by atoms with van der Waals surface area (Å²) in [6.07, 6.45) is 4.12. The average Bonchev–Trinajstić information content (AvgIpc) is 2.48. The molecular formula is C18H25NO2. The van der Waals surface area contributed by atoms with Gasteiger partial charge in [0.15, 0.2) is 0 Å². The zero-order valence-corrected chi connectivity index (χ0v) is 13.0. The molecule has 0 aromatic heterocycles. The highest BCUT2D eigenvalue weighted by molar-refractivity contribution is 5.74. The maximum Gasteiger partial charge on any atom is 0.310 e. The van der Waals surface area contributed by atoms with Crippen LogP contribution in [0.5, 0.6) is 0 Å². The number of fused-ring (bicyclic) bond motifs is 1. The summed E-state index contributed by atoms with van der Waals surface area (Å²) >= 11 is 0. The number of carboxylic acids is 1. The molecule has 0 spiro atoms. The van der Waals surface area contributed by atoms with E-state index in [1.807, 2.05) is 6.92 Å². The molecule has 3 atom stereocenters. The lowest BCUT2D eigenvalue weighted by molar-refractivity contribution is -0.152. The second kappa shape index (κ2) is 5.45. The lowest BCUT2D eigenvalue weighted by atomic mass is 9.77. The summed E-state index contributed by atoms with van der Waals surface area (Å²) in [7, 11) is 0. The van der Waals surface area contributed by atoms with Crippen LogP contribution >= 0.6 is 0 Å². The normalized spacial score (nSPS) is 33.4. The molecule has 1 saturated heterocycles. The van der Waals surface area contributed by atoms with Gasteiger partial charge < -0.3 is 5.11 Å². The lowest BCUT2D eigenvalue weighted by Crippen LogP contribution is -2.47. The van der Waals surface area contributed by atoms with Crippen molar-refractivity contribution in [2.24, 2.45) is 5.41 Å². The van der Waals surface area contributed by atoms with E-state index in [2.05, 4.69) is 36.1 Å². The minimum absolute atomic E-state index is 0.399. The first kappa shape index (κ1) is 14.6. The summed E-state index contributed by atoms with van der Waals surface area (Å²) < 4.78 is 0. The van der Waals surface area contributed by atoms with Crippen molar-refractivity contribution in [1.29, 1.82) is 0 Å². The molecule has 1 aliphatic carbocycles. The molecule has 21 heavy (non-hydrogen) atoms. The molecule has 1 fully saturated rings. The smallest absolute Gasteiger partial charge is 0.310 e. The molecule has 3 nitrogen and oxygen atoms in total. The summed E-state index contributed by atoms with van der Waals surface area (Å²) in [5.41, 5.74) is 2.29. The third kappa shape index (κ3) is 2.59. The predicted octanol–water partition coefficient (Wildman–Crippen LogP) is 3.81. The van der Waals surface area contributed by atoms with Crippen molar-refractivity contribution in [3.63, 3.8) is 0 Å². The predicted molar refractivity (Wildman–Crippen MR) is 83.4 cm³/mol. The van der Waals surface area contributed by atoms with Gasteiger partial charge in [-0.25, -0.2) is 0 Å². The van der Waals surface area contributed by atoms with E-state index in [9.17, 15) is 9.90 Å². The molecule has 0 bridgehead atoms. The molecule has 114 valence electrons. The van der Waals surface area contributed by atoms with Gasteiger partial charge in [0.1, 0.15) is 0 Å². The fourth-order valence-electron chi connectivity index (χ4n) is 4.08. The monoisotopic (exact) mass is 287 g/mol. The molecule has 1 aromatic rings. The fourth-order valence-corrected chi connectivity index (χ4v) is 4.08. The number of piperidine rings is 1. The third-order valence-corrected chi connectivity index (χ3v) is 5.44. The van der Waals surface area contributed by atoms with Crippen molar-refractivity contribution in [2.75, 3.05) is 13.1 Å². The van der Waals surface area contributed by atoms with E-state index in [0.717, 1.165) is 25.8 Å². The zero-order chi connectivity index (χ0) is 15.0. The van der Waals surface area contributed by atoms with Gasteiger partial charge in [0.2, 0.25) is 0 Å². The van der Waals surface area contributed by atoms with Crippen molar-refractivity contribution < 1.29 is 9.90 Å². The van der Waals surface area contributed by atoms with Crippen LogP contribution in [0.1, 0.15) is 62.6 Å². The Morgan fingerprint density at radius 2 is 2.00 bits per heavy atom. The number of likely N-dealkylation sites (tertiary alicyclic amines) is 1. The Hall–Kier alpha value is -1.35. The molecule has 1 heterocycles. The van der Waals surface area contributed by atoms with Gasteiger partial charge in [0, 0.05) is 12.6 Å². The maximum absolute atomic E-state index is 11.6.